The van der Waals surface area contributed by atoms with E-state index in [1.807, 2.05) is 18.2 Å². The predicted molar refractivity (Wildman–Crippen MR) is 112 cm³/mol. The first-order valence-electron chi connectivity index (χ1n) is 9.88. The summed E-state index contributed by atoms with van der Waals surface area (Å²) in [5.41, 5.74) is 2.81. The Morgan fingerprint density at radius 1 is 1.03 bits per heavy atom. The Bertz CT molecular complexity index is 1250. The Labute approximate surface area is 171 Å². The number of nitrogens with one attached hydrogen (secondary N) is 3. The molecule has 4 aromatic rings. The van der Waals surface area contributed by atoms with Crippen molar-refractivity contribution in [2.24, 2.45) is 5.92 Å². The quantitative estimate of drug-likeness (QED) is 0.485. The van der Waals surface area contributed by atoms with Crippen LogP contribution in [0.15, 0.2) is 48.7 Å². The molecule has 3 heterocycles. The van der Waals surface area contributed by atoms with E-state index in [1.54, 1.807) is 23.2 Å². The third-order valence-corrected chi connectivity index (χ3v) is 5.67. The number of piperidine rings is 1. The summed E-state index contributed by atoms with van der Waals surface area (Å²) in [5, 5.41) is 11.4. The molecule has 2 aromatic heterocycles. The van der Waals surface area contributed by atoms with Crippen molar-refractivity contribution in [3.8, 4) is 0 Å². The molecule has 3 N–H and O–H groups in total. The minimum atomic E-state index is -0.334. The minimum Gasteiger partial charge on any atom is -0.351 e. The zero-order chi connectivity index (χ0) is 20.7. The van der Waals surface area contributed by atoms with Gasteiger partial charge in [0, 0.05) is 41.0 Å². The Morgan fingerprint density at radius 3 is 2.67 bits per heavy atom. The van der Waals surface area contributed by atoms with E-state index in [4.69, 9.17) is 0 Å². The lowest BCUT2D eigenvalue weighted by Crippen LogP contribution is -2.41. The van der Waals surface area contributed by atoms with Gasteiger partial charge in [-0.1, -0.05) is 0 Å². The number of hydrogen-bond donors (Lipinski definition) is 3. The summed E-state index contributed by atoms with van der Waals surface area (Å²) in [6.07, 6.45) is 2.91. The molecule has 0 unspecified atom stereocenters. The van der Waals surface area contributed by atoms with E-state index in [2.05, 4.69) is 20.5 Å². The monoisotopic (exact) mass is 405 g/mol. The van der Waals surface area contributed by atoms with E-state index in [-0.39, 0.29) is 23.5 Å². The smallest absolute Gasteiger partial charge is 0.270 e. The summed E-state index contributed by atoms with van der Waals surface area (Å²) in [6, 6.07) is 11.7. The van der Waals surface area contributed by atoms with Gasteiger partial charge >= 0.3 is 0 Å². The normalized spacial score (nSPS) is 15.0. The number of benzene rings is 2. The van der Waals surface area contributed by atoms with Crippen LogP contribution < -0.4 is 5.32 Å². The van der Waals surface area contributed by atoms with Crippen molar-refractivity contribution in [2.75, 3.05) is 18.4 Å². The Kier molecular flexibility index (Phi) is 4.46. The summed E-state index contributed by atoms with van der Waals surface area (Å²) < 4.78 is 13.4. The summed E-state index contributed by atoms with van der Waals surface area (Å²) in [5.74, 6) is -0.646. The van der Waals surface area contributed by atoms with Crippen molar-refractivity contribution in [2.45, 2.75) is 12.8 Å². The predicted octanol–water partition coefficient (Wildman–Crippen LogP) is 3.67. The molecule has 152 valence electrons. The SMILES string of the molecule is O=C(Nc1ccc2[nH]ncc2c1)C1CCN(C(=O)c2cc3cc(F)ccc3[nH]2)CC1. The minimum absolute atomic E-state index is 0.0361. The fourth-order valence-corrected chi connectivity index (χ4v) is 4.00. The largest absolute Gasteiger partial charge is 0.351 e. The highest BCUT2D eigenvalue weighted by atomic mass is 19.1. The number of carbonyl (C=O) groups excluding carboxylic acids is 2. The molecule has 2 aromatic carbocycles. The van der Waals surface area contributed by atoms with Gasteiger partial charge in [0.15, 0.2) is 0 Å². The number of amides is 2. The number of halogens is 1. The highest BCUT2D eigenvalue weighted by Crippen LogP contribution is 2.24. The number of fused-ring (bicyclic) bond motifs is 2. The van der Waals surface area contributed by atoms with E-state index in [0.29, 0.717) is 37.0 Å². The van der Waals surface area contributed by atoms with Crippen LogP contribution in [0.4, 0.5) is 10.1 Å². The topological polar surface area (TPSA) is 93.9 Å². The van der Waals surface area contributed by atoms with Crippen LogP contribution in [0.2, 0.25) is 0 Å². The second-order valence-corrected chi connectivity index (χ2v) is 7.64. The third kappa shape index (κ3) is 3.41. The molecule has 1 fully saturated rings. The molecular weight excluding hydrogens is 385 g/mol. The number of aromatic amines is 2. The molecule has 5 rings (SSSR count). The van der Waals surface area contributed by atoms with Gasteiger partial charge in [0.1, 0.15) is 11.5 Å². The molecule has 0 spiro atoms. The zero-order valence-corrected chi connectivity index (χ0v) is 16.1. The van der Waals surface area contributed by atoms with Gasteiger partial charge in [0.05, 0.1) is 11.7 Å². The molecule has 1 aliphatic heterocycles. The van der Waals surface area contributed by atoms with Crippen LogP contribution >= 0.6 is 0 Å². The molecule has 8 heteroatoms. The van der Waals surface area contributed by atoms with Crippen molar-refractivity contribution < 1.29 is 14.0 Å². The Morgan fingerprint density at radius 2 is 1.83 bits per heavy atom. The van der Waals surface area contributed by atoms with Crippen LogP contribution in [-0.2, 0) is 4.79 Å². The second kappa shape index (κ2) is 7.29. The third-order valence-electron chi connectivity index (χ3n) is 5.67. The van der Waals surface area contributed by atoms with E-state index < -0.39 is 0 Å². The average molecular weight is 405 g/mol. The first-order chi connectivity index (χ1) is 14.6. The van der Waals surface area contributed by atoms with E-state index >= 15 is 0 Å². The molecule has 0 aliphatic carbocycles. The molecule has 0 radical (unpaired) electrons. The van der Waals surface area contributed by atoms with Crippen LogP contribution in [0, 0.1) is 11.7 Å². The second-order valence-electron chi connectivity index (χ2n) is 7.64. The van der Waals surface area contributed by atoms with Crippen LogP contribution in [0.1, 0.15) is 23.3 Å². The molecule has 0 atom stereocenters. The maximum Gasteiger partial charge on any atom is 0.270 e. The molecule has 1 aliphatic rings. The maximum absolute atomic E-state index is 13.4. The number of aromatic nitrogens is 3. The molecule has 2 amide bonds. The van der Waals surface area contributed by atoms with Gasteiger partial charge in [-0.25, -0.2) is 4.39 Å². The summed E-state index contributed by atoms with van der Waals surface area (Å²) in [7, 11) is 0. The van der Waals surface area contributed by atoms with Gasteiger partial charge in [-0.3, -0.25) is 14.7 Å². The van der Waals surface area contributed by atoms with Gasteiger partial charge in [0.25, 0.3) is 5.91 Å². The molecule has 7 nitrogen and oxygen atoms in total. The molecular formula is C22H20FN5O2. The molecule has 30 heavy (non-hydrogen) atoms. The lowest BCUT2D eigenvalue weighted by atomic mass is 9.95. The highest BCUT2D eigenvalue weighted by Gasteiger charge is 2.28. The van der Waals surface area contributed by atoms with Gasteiger partial charge in [-0.2, -0.15) is 5.10 Å². The summed E-state index contributed by atoms with van der Waals surface area (Å²) in [6.45, 7) is 1.00. The van der Waals surface area contributed by atoms with Crippen LogP contribution in [0.3, 0.4) is 0 Å². The lowest BCUT2D eigenvalue weighted by molar-refractivity contribution is -0.121. The molecule has 1 saturated heterocycles. The van der Waals surface area contributed by atoms with Crippen LogP contribution in [-0.4, -0.2) is 45.0 Å². The molecule has 0 saturated carbocycles. The van der Waals surface area contributed by atoms with E-state index in [1.165, 1.54) is 12.1 Å². The zero-order valence-electron chi connectivity index (χ0n) is 16.1. The fraction of sp³-hybridized carbons (Fsp3) is 0.227. The van der Waals surface area contributed by atoms with Crippen molar-refractivity contribution in [3.63, 3.8) is 0 Å². The van der Waals surface area contributed by atoms with Gasteiger partial charge in [-0.05, 0) is 55.3 Å². The number of hydrogen-bond acceptors (Lipinski definition) is 3. The van der Waals surface area contributed by atoms with Gasteiger partial charge in [0.2, 0.25) is 5.91 Å². The average Bonchev–Trinajstić information content (AvgIpc) is 3.39. The number of carbonyl (C=O) groups is 2. The van der Waals surface area contributed by atoms with Crippen molar-refractivity contribution in [1.29, 1.82) is 0 Å². The van der Waals surface area contributed by atoms with Crippen molar-refractivity contribution in [1.82, 2.24) is 20.1 Å². The standard InChI is InChI=1S/C22H20FN5O2/c23-16-1-3-18-14(9-16)11-20(26-18)22(30)28-7-5-13(6-8-28)21(29)25-17-2-4-19-15(10-17)12-24-27-19/h1-4,9-13,26H,5-8H2,(H,24,27)(H,25,29). The van der Waals surface area contributed by atoms with Gasteiger partial charge in [-0.15, -0.1) is 0 Å². The molecule has 0 bridgehead atoms. The van der Waals surface area contributed by atoms with Crippen LogP contribution in [0.25, 0.3) is 21.8 Å². The first kappa shape index (κ1) is 18.4. The van der Waals surface area contributed by atoms with Gasteiger partial charge < -0.3 is 15.2 Å². The number of anilines is 1. The number of rotatable bonds is 3. The van der Waals surface area contributed by atoms with Crippen molar-refractivity contribution in [3.05, 3.63) is 60.2 Å². The summed E-state index contributed by atoms with van der Waals surface area (Å²) in [4.78, 5) is 30.3. The van der Waals surface area contributed by atoms with E-state index in [9.17, 15) is 14.0 Å². The number of nitrogens with zero attached hydrogens (tertiary/aromatic N) is 2. The number of H-pyrrole nitrogens is 2. The lowest BCUT2D eigenvalue weighted by Gasteiger charge is -2.31. The first-order valence-corrected chi connectivity index (χ1v) is 9.88. The Hall–Kier alpha value is -3.68. The Balaban J connectivity index is 1.21. The summed E-state index contributed by atoms with van der Waals surface area (Å²) >= 11 is 0. The number of likely N-dealkylation sites (tertiary alicyclic amines) is 1. The van der Waals surface area contributed by atoms with Crippen LogP contribution in [0.5, 0.6) is 0 Å². The fourth-order valence-electron chi connectivity index (χ4n) is 4.00. The van der Waals surface area contributed by atoms with E-state index in [0.717, 1.165) is 22.1 Å². The maximum atomic E-state index is 13.4. The highest BCUT2D eigenvalue weighted by molar-refractivity contribution is 5.98. The van der Waals surface area contributed by atoms with Crippen molar-refractivity contribution >= 4 is 39.3 Å².